The molecule has 0 aliphatic carbocycles. The minimum Gasteiger partial charge on any atom is -0.273 e. The van der Waals surface area contributed by atoms with Gasteiger partial charge in [0.2, 0.25) is 5.91 Å². The lowest BCUT2D eigenvalue weighted by Crippen LogP contribution is -2.21. The molecule has 3 heteroatoms. The molecule has 0 saturated heterocycles. The molecule has 0 radical (unpaired) electrons. The van der Waals surface area contributed by atoms with E-state index >= 15 is 0 Å². The number of benzene rings is 3. The van der Waals surface area contributed by atoms with E-state index in [1.165, 1.54) is 0 Å². The predicted octanol–water partition coefficient (Wildman–Crippen LogP) is 4.46. The van der Waals surface area contributed by atoms with Crippen LogP contribution in [0.2, 0.25) is 0 Å². The number of amides is 1. The van der Waals surface area contributed by atoms with Gasteiger partial charge in [-0.15, -0.1) is 0 Å². The highest BCUT2D eigenvalue weighted by Crippen LogP contribution is 2.07. The third kappa shape index (κ3) is 5.28. The van der Waals surface area contributed by atoms with Gasteiger partial charge in [0.1, 0.15) is 0 Å². The normalized spacial score (nSPS) is 11.5. The Morgan fingerprint density at radius 1 is 0.808 bits per heavy atom. The van der Waals surface area contributed by atoms with Crippen molar-refractivity contribution in [3.8, 4) is 0 Å². The first-order valence-corrected chi connectivity index (χ1v) is 8.50. The second kappa shape index (κ2) is 9.14. The summed E-state index contributed by atoms with van der Waals surface area (Å²) in [6.45, 7) is 0. The predicted molar refractivity (Wildman–Crippen MR) is 107 cm³/mol. The Morgan fingerprint density at radius 3 is 2.04 bits per heavy atom. The van der Waals surface area contributed by atoms with E-state index in [2.05, 4.69) is 10.5 Å². The lowest BCUT2D eigenvalue weighted by atomic mass is 10.1. The Morgan fingerprint density at radius 2 is 1.38 bits per heavy atom. The Balaban J connectivity index is 1.75. The molecule has 0 heterocycles. The van der Waals surface area contributed by atoms with Crippen molar-refractivity contribution in [1.82, 2.24) is 5.43 Å². The Kier molecular flexibility index (Phi) is 6.10. The number of carbonyl (C=O) groups is 1. The van der Waals surface area contributed by atoms with Crippen molar-refractivity contribution in [1.29, 1.82) is 0 Å². The summed E-state index contributed by atoms with van der Waals surface area (Å²) < 4.78 is 0. The van der Waals surface area contributed by atoms with Crippen LogP contribution in [0.4, 0.5) is 0 Å². The fraction of sp³-hybridized carbons (Fsp3) is 0.0435. The second-order valence-electron chi connectivity index (χ2n) is 5.80. The van der Waals surface area contributed by atoms with Gasteiger partial charge in [-0.25, -0.2) is 5.43 Å². The van der Waals surface area contributed by atoms with E-state index in [9.17, 15) is 4.79 Å². The number of hydrogen-bond acceptors (Lipinski definition) is 2. The Hall–Kier alpha value is -3.46. The molecule has 3 rings (SSSR count). The Labute approximate surface area is 153 Å². The van der Waals surface area contributed by atoms with Crippen LogP contribution >= 0.6 is 0 Å². The van der Waals surface area contributed by atoms with Crippen molar-refractivity contribution in [2.45, 2.75) is 6.42 Å². The van der Waals surface area contributed by atoms with Gasteiger partial charge < -0.3 is 0 Å². The third-order valence-electron chi connectivity index (χ3n) is 3.81. The summed E-state index contributed by atoms with van der Waals surface area (Å²) >= 11 is 0. The number of hydrogen-bond donors (Lipinski definition) is 1. The molecule has 3 aromatic carbocycles. The lowest BCUT2D eigenvalue weighted by Gasteiger charge is -2.04. The van der Waals surface area contributed by atoms with Crippen molar-refractivity contribution < 1.29 is 4.79 Å². The highest BCUT2D eigenvalue weighted by molar-refractivity contribution is 6.11. The zero-order chi connectivity index (χ0) is 18.0. The quantitative estimate of drug-likeness (QED) is 0.522. The molecule has 0 aromatic heterocycles. The van der Waals surface area contributed by atoms with Gasteiger partial charge in [-0.1, -0.05) is 97.1 Å². The fourth-order valence-corrected chi connectivity index (χ4v) is 2.49. The van der Waals surface area contributed by atoms with Crippen LogP contribution in [-0.4, -0.2) is 11.6 Å². The maximum Gasteiger partial charge on any atom is 0.244 e. The smallest absolute Gasteiger partial charge is 0.244 e. The minimum absolute atomic E-state index is 0.141. The number of nitrogens with one attached hydrogen (secondary N) is 1. The molecule has 1 amide bonds. The van der Waals surface area contributed by atoms with E-state index < -0.39 is 0 Å². The molecule has 3 nitrogen and oxygen atoms in total. The highest BCUT2D eigenvalue weighted by atomic mass is 16.2. The van der Waals surface area contributed by atoms with Crippen LogP contribution in [-0.2, 0) is 11.2 Å². The number of allylic oxidation sites excluding steroid dienone is 1. The zero-order valence-corrected chi connectivity index (χ0v) is 14.4. The van der Waals surface area contributed by atoms with Gasteiger partial charge in [-0.2, -0.15) is 5.10 Å². The summed E-state index contributed by atoms with van der Waals surface area (Å²) in [4.78, 5) is 12.2. The molecule has 0 fully saturated rings. The van der Waals surface area contributed by atoms with Crippen LogP contribution in [0, 0.1) is 0 Å². The summed E-state index contributed by atoms with van der Waals surface area (Å²) in [5, 5.41) is 4.34. The van der Waals surface area contributed by atoms with Gasteiger partial charge in [-0.05, 0) is 17.2 Å². The van der Waals surface area contributed by atoms with Crippen molar-refractivity contribution >= 4 is 17.7 Å². The molecule has 26 heavy (non-hydrogen) atoms. The van der Waals surface area contributed by atoms with Gasteiger partial charge >= 0.3 is 0 Å². The van der Waals surface area contributed by atoms with Gasteiger partial charge in [-0.3, -0.25) is 4.79 Å². The van der Waals surface area contributed by atoms with Crippen molar-refractivity contribution in [2.24, 2.45) is 5.10 Å². The first-order valence-electron chi connectivity index (χ1n) is 8.50. The van der Waals surface area contributed by atoms with Gasteiger partial charge in [0.25, 0.3) is 0 Å². The average Bonchev–Trinajstić information content (AvgIpc) is 2.70. The van der Waals surface area contributed by atoms with E-state index in [1.54, 1.807) is 0 Å². The molecular weight excluding hydrogens is 320 g/mol. The van der Waals surface area contributed by atoms with Crippen molar-refractivity contribution in [3.05, 3.63) is 114 Å². The largest absolute Gasteiger partial charge is 0.273 e. The molecule has 0 atom stereocenters. The van der Waals surface area contributed by atoms with Crippen LogP contribution in [0.3, 0.4) is 0 Å². The van der Waals surface area contributed by atoms with E-state index in [4.69, 9.17) is 0 Å². The number of carbonyl (C=O) groups excluding carboxylic acids is 1. The van der Waals surface area contributed by atoms with Crippen molar-refractivity contribution in [2.75, 3.05) is 0 Å². The lowest BCUT2D eigenvalue weighted by molar-refractivity contribution is -0.120. The topological polar surface area (TPSA) is 41.5 Å². The molecule has 0 spiro atoms. The maximum atomic E-state index is 12.2. The highest BCUT2D eigenvalue weighted by Gasteiger charge is 2.04. The first kappa shape index (κ1) is 17.4. The van der Waals surface area contributed by atoms with E-state index in [1.807, 2.05) is 103 Å². The zero-order valence-electron chi connectivity index (χ0n) is 14.4. The summed E-state index contributed by atoms with van der Waals surface area (Å²) in [5.74, 6) is -0.141. The second-order valence-corrected chi connectivity index (χ2v) is 5.80. The Bertz CT molecular complexity index is 885. The number of nitrogens with zero attached hydrogens (tertiary/aromatic N) is 1. The number of rotatable bonds is 6. The summed E-state index contributed by atoms with van der Waals surface area (Å²) in [5.41, 5.74) is 6.35. The summed E-state index contributed by atoms with van der Waals surface area (Å²) in [6.07, 6.45) is 4.19. The van der Waals surface area contributed by atoms with Gasteiger partial charge in [0.05, 0.1) is 12.1 Å². The molecule has 128 valence electrons. The van der Waals surface area contributed by atoms with Crippen LogP contribution in [0.5, 0.6) is 0 Å². The monoisotopic (exact) mass is 340 g/mol. The average molecular weight is 340 g/mol. The van der Waals surface area contributed by atoms with E-state index in [0.29, 0.717) is 12.1 Å². The fourth-order valence-electron chi connectivity index (χ4n) is 2.49. The molecule has 0 saturated carbocycles. The van der Waals surface area contributed by atoms with Crippen LogP contribution < -0.4 is 5.43 Å². The third-order valence-corrected chi connectivity index (χ3v) is 3.81. The number of hydrazone groups is 1. The molecular formula is C23H20N2O. The molecule has 0 aliphatic rings. The molecule has 1 N–H and O–H groups in total. The van der Waals surface area contributed by atoms with Crippen LogP contribution in [0.25, 0.3) is 6.08 Å². The van der Waals surface area contributed by atoms with Crippen LogP contribution in [0.1, 0.15) is 16.7 Å². The van der Waals surface area contributed by atoms with E-state index in [0.717, 1.165) is 16.7 Å². The van der Waals surface area contributed by atoms with Gasteiger partial charge in [0, 0.05) is 5.56 Å². The molecule has 0 bridgehead atoms. The van der Waals surface area contributed by atoms with Gasteiger partial charge in [0.15, 0.2) is 0 Å². The SMILES string of the molecule is O=C(Cc1ccccc1)N/N=C(/C=C\c1ccccc1)c1ccccc1. The summed E-state index contributed by atoms with van der Waals surface area (Å²) in [7, 11) is 0. The molecule has 3 aromatic rings. The van der Waals surface area contributed by atoms with Crippen LogP contribution in [0.15, 0.2) is 102 Å². The molecule has 0 unspecified atom stereocenters. The standard InChI is InChI=1S/C23H20N2O/c26-23(18-20-12-6-2-7-13-20)25-24-22(21-14-8-3-9-15-21)17-16-19-10-4-1-5-11-19/h1-17H,18H2,(H,25,26)/b17-16-,24-22-. The van der Waals surface area contributed by atoms with Crippen molar-refractivity contribution in [3.63, 3.8) is 0 Å². The van der Waals surface area contributed by atoms with E-state index in [-0.39, 0.29) is 5.91 Å². The molecule has 0 aliphatic heterocycles. The maximum absolute atomic E-state index is 12.2. The summed E-state index contributed by atoms with van der Waals surface area (Å²) in [6, 6.07) is 29.4. The minimum atomic E-state index is -0.141. The first-order chi connectivity index (χ1) is 12.8.